The highest BCUT2D eigenvalue weighted by Crippen LogP contribution is 2.19. The Hall–Kier alpha value is -0.480. The first-order chi connectivity index (χ1) is 8.66. The Labute approximate surface area is 122 Å². The molecule has 1 aromatic rings. The minimum Gasteiger partial charge on any atom is -0.352 e. The molecule has 0 radical (unpaired) electrons. The Kier molecular flexibility index (Phi) is 7.44. The quantitative estimate of drug-likeness (QED) is 0.765. The second-order valence-corrected chi connectivity index (χ2v) is 6.06. The molecule has 0 aliphatic heterocycles. The molecule has 4 heteroatoms. The van der Waals surface area contributed by atoms with E-state index in [0.717, 1.165) is 28.6 Å². The summed E-state index contributed by atoms with van der Waals surface area (Å²) in [4.78, 5) is 12.0. The monoisotopic (exact) mass is 329 g/mol. The van der Waals surface area contributed by atoms with Gasteiger partial charge in [-0.25, -0.2) is 0 Å². The van der Waals surface area contributed by atoms with Crippen molar-refractivity contribution in [3.63, 3.8) is 0 Å². The number of rotatable bonds is 7. The second kappa shape index (κ2) is 8.59. The van der Waals surface area contributed by atoms with Crippen molar-refractivity contribution in [2.75, 3.05) is 18.6 Å². The van der Waals surface area contributed by atoms with Crippen molar-refractivity contribution < 1.29 is 4.79 Å². The summed E-state index contributed by atoms with van der Waals surface area (Å²) in [5.74, 6) is 1.23. The third-order valence-corrected chi connectivity index (χ3v) is 4.38. The van der Waals surface area contributed by atoms with Crippen molar-refractivity contribution in [3.05, 3.63) is 33.8 Å². The van der Waals surface area contributed by atoms with Gasteiger partial charge in [0.05, 0.1) is 0 Å². The number of benzene rings is 1. The molecular formula is C14H20BrNOS. The molecule has 0 unspecified atom stereocenters. The molecule has 0 aliphatic rings. The molecule has 1 N–H and O–H groups in total. The lowest BCUT2D eigenvalue weighted by atomic mass is 10.1. The summed E-state index contributed by atoms with van der Waals surface area (Å²) in [6.07, 6.45) is 5.59. The lowest BCUT2D eigenvalue weighted by Gasteiger charge is -2.08. The summed E-state index contributed by atoms with van der Waals surface area (Å²) in [5.41, 5.74) is 1.76. The molecule has 0 saturated carbocycles. The topological polar surface area (TPSA) is 29.1 Å². The van der Waals surface area contributed by atoms with Gasteiger partial charge in [-0.1, -0.05) is 28.4 Å². The predicted molar refractivity (Wildman–Crippen MR) is 83.4 cm³/mol. The zero-order chi connectivity index (χ0) is 13.4. The van der Waals surface area contributed by atoms with E-state index >= 15 is 0 Å². The number of hydrogen-bond donors (Lipinski definition) is 1. The fourth-order valence-electron chi connectivity index (χ4n) is 1.70. The van der Waals surface area contributed by atoms with E-state index in [-0.39, 0.29) is 5.91 Å². The minimum absolute atomic E-state index is 0.0265. The Morgan fingerprint density at radius 2 is 2.11 bits per heavy atom. The largest absolute Gasteiger partial charge is 0.352 e. The first-order valence-corrected chi connectivity index (χ1v) is 8.37. The maximum Gasteiger partial charge on any atom is 0.251 e. The van der Waals surface area contributed by atoms with E-state index in [1.54, 1.807) is 0 Å². The number of nitrogens with one attached hydrogen (secondary N) is 1. The third-order valence-electron chi connectivity index (χ3n) is 2.82. The summed E-state index contributed by atoms with van der Waals surface area (Å²) in [6.45, 7) is 2.72. The van der Waals surface area contributed by atoms with Crippen molar-refractivity contribution in [2.45, 2.75) is 26.2 Å². The molecule has 0 spiro atoms. The van der Waals surface area contributed by atoms with Gasteiger partial charge in [0.2, 0.25) is 0 Å². The van der Waals surface area contributed by atoms with E-state index in [9.17, 15) is 4.79 Å². The van der Waals surface area contributed by atoms with E-state index in [2.05, 4.69) is 27.5 Å². The van der Waals surface area contributed by atoms with Crippen LogP contribution in [0.15, 0.2) is 22.7 Å². The normalized spacial score (nSPS) is 10.4. The number of carbonyl (C=O) groups is 1. The van der Waals surface area contributed by atoms with E-state index in [1.165, 1.54) is 18.6 Å². The summed E-state index contributed by atoms with van der Waals surface area (Å²) in [7, 11) is 0. The molecule has 0 saturated heterocycles. The van der Waals surface area contributed by atoms with Crippen LogP contribution in [0.3, 0.4) is 0 Å². The number of halogens is 1. The van der Waals surface area contributed by atoms with Gasteiger partial charge in [-0.3, -0.25) is 4.79 Å². The maximum atomic E-state index is 12.0. The number of amides is 1. The number of carbonyl (C=O) groups excluding carboxylic acids is 1. The lowest BCUT2D eigenvalue weighted by Crippen LogP contribution is -2.25. The molecule has 100 valence electrons. The van der Waals surface area contributed by atoms with Gasteiger partial charge < -0.3 is 5.32 Å². The highest BCUT2D eigenvalue weighted by atomic mass is 79.9. The molecule has 1 rings (SSSR count). The summed E-state index contributed by atoms with van der Waals surface area (Å²) in [6, 6.07) is 5.71. The van der Waals surface area contributed by atoms with Crippen LogP contribution in [0.2, 0.25) is 0 Å². The van der Waals surface area contributed by atoms with E-state index < -0.39 is 0 Å². The van der Waals surface area contributed by atoms with Crippen LogP contribution in [0.1, 0.15) is 35.2 Å². The Morgan fingerprint density at radius 3 is 2.83 bits per heavy atom. The smallest absolute Gasteiger partial charge is 0.251 e. The zero-order valence-corrected chi connectivity index (χ0v) is 13.4. The zero-order valence-electron chi connectivity index (χ0n) is 11.0. The van der Waals surface area contributed by atoms with Crippen LogP contribution in [0.5, 0.6) is 0 Å². The fraction of sp³-hybridized carbons (Fsp3) is 0.500. The third kappa shape index (κ3) is 5.02. The summed E-state index contributed by atoms with van der Waals surface area (Å²) in [5, 5.41) is 2.98. The highest BCUT2D eigenvalue weighted by Gasteiger charge is 2.09. The number of hydrogen-bond acceptors (Lipinski definition) is 2. The SMILES string of the molecule is CSCCCCCNC(=O)c1cccc(Br)c1C. The van der Waals surface area contributed by atoms with E-state index in [1.807, 2.05) is 36.9 Å². The van der Waals surface area contributed by atoms with Gasteiger partial charge in [-0.2, -0.15) is 11.8 Å². The maximum absolute atomic E-state index is 12.0. The van der Waals surface area contributed by atoms with Crippen molar-refractivity contribution in [3.8, 4) is 0 Å². The molecule has 1 amide bonds. The number of unbranched alkanes of at least 4 members (excludes halogenated alkanes) is 2. The van der Waals surface area contributed by atoms with Gasteiger partial charge >= 0.3 is 0 Å². The fourth-order valence-corrected chi connectivity index (χ4v) is 2.56. The van der Waals surface area contributed by atoms with E-state index in [0.29, 0.717) is 0 Å². The molecule has 0 heterocycles. The van der Waals surface area contributed by atoms with Crippen LogP contribution in [0.4, 0.5) is 0 Å². The van der Waals surface area contributed by atoms with Crippen LogP contribution in [-0.4, -0.2) is 24.5 Å². The first kappa shape index (κ1) is 15.6. The van der Waals surface area contributed by atoms with Gasteiger partial charge in [0.1, 0.15) is 0 Å². The van der Waals surface area contributed by atoms with Crippen molar-refractivity contribution in [2.24, 2.45) is 0 Å². The second-order valence-electron chi connectivity index (χ2n) is 4.22. The van der Waals surface area contributed by atoms with E-state index in [4.69, 9.17) is 0 Å². The van der Waals surface area contributed by atoms with Gasteiger partial charge in [-0.05, 0) is 49.5 Å². The van der Waals surface area contributed by atoms with Crippen molar-refractivity contribution >= 4 is 33.6 Å². The van der Waals surface area contributed by atoms with Gasteiger partial charge in [-0.15, -0.1) is 0 Å². The van der Waals surface area contributed by atoms with Gasteiger partial charge in [0.25, 0.3) is 5.91 Å². The molecule has 0 bridgehead atoms. The molecule has 0 aliphatic carbocycles. The molecule has 0 atom stereocenters. The number of thioether (sulfide) groups is 1. The molecule has 1 aromatic carbocycles. The standard InChI is InChI=1S/C14H20BrNOS/c1-11-12(7-6-8-13(11)15)14(17)16-9-4-3-5-10-18-2/h6-8H,3-5,9-10H2,1-2H3,(H,16,17). The van der Waals surface area contributed by atoms with Crippen molar-refractivity contribution in [1.29, 1.82) is 0 Å². The molecule has 18 heavy (non-hydrogen) atoms. The first-order valence-electron chi connectivity index (χ1n) is 6.19. The average Bonchev–Trinajstić information content (AvgIpc) is 2.36. The molecule has 0 fully saturated rings. The van der Waals surface area contributed by atoms with Crippen LogP contribution in [0, 0.1) is 6.92 Å². The molecule has 2 nitrogen and oxygen atoms in total. The lowest BCUT2D eigenvalue weighted by molar-refractivity contribution is 0.0952. The Balaban J connectivity index is 2.35. The predicted octanol–water partition coefficient (Wildman–Crippen LogP) is 4.02. The van der Waals surface area contributed by atoms with Crippen LogP contribution in [-0.2, 0) is 0 Å². The Morgan fingerprint density at radius 1 is 1.33 bits per heavy atom. The Bertz CT molecular complexity index is 395. The highest BCUT2D eigenvalue weighted by molar-refractivity contribution is 9.10. The summed E-state index contributed by atoms with van der Waals surface area (Å²) < 4.78 is 0.982. The van der Waals surface area contributed by atoms with Crippen LogP contribution >= 0.6 is 27.7 Å². The van der Waals surface area contributed by atoms with Crippen molar-refractivity contribution in [1.82, 2.24) is 5.32 Å². The molecule has 0 aromatic heterocycles. The van der Waals surface area contributed by atoms with Crippen LogP contribution in [0.25, 0.3) is 0 Å². The van der Waals surface area contributed by atoms with Crippen LogP contribution < -0.4 is 5.32 Å². The molecular weight excluding hydrogens is 310 g/mol. The average molecular weight is 330 g/mol. The summed E-state index contributed by atoms with van der Waals surface area (Å²) >= 11 is 5.32. The van der Waals surface area contributed by atoms with Gasteiger partial charge in [0.15, 0.2) is 0 Å². The van der Waals surface area contributed by atoms with Gasteiger partial charge in [0, 0.05) is 16.6 Å². The minimum atomic E-state index is 0.0265.